The number of hydrogen-bond donors (Lipinski definition) is 1. The van der Waals surface area contributed by atoms with Crippen LogP contribution in [0.3, 0.4) is 0 Å². The predicted octanol–water partition coefficient (Wildman–Crippen LogP) is 3.43. The summed E-state index contributed by atoms with van der Waals surface area (Å²) in [6.45, 7) is 8.90. The summed E-state index contributed by atoms with van der Waals surface area (Å²) >= 11 is 0. The lowest BCUT2D eigenvalue weighted by atomic mass is 9.80. The molecule has 110 valence electrons. The first-order valence-electron chi connectivity index (χ1n) is 7.99. The van der Waals surface area contributed by atoms with Crippen LogP contribution in [0, 0.1) is 0 Å². The maximum absolute atomic E-state index is 11.2. The van der Waals surface area contributed by atoms with Crippen LogP contribution in [0.1, 0.15) is 57.6 Å². The molecule has 2 fully saturated rings. The lowest BCUT2D eigenvalue weighted by molar-refractivity contribution is -0.0138. The van der Waals surface area contributed by atoms with E-state index in [1.54, 1.807) is 0 Å². The van der Waals surface area contributed by atoms with Gasteiger partial charge in [-0.15, -0.1) is 0 Å². The summed E-state index contributed by atoms with van der Waals surface area (Å²) in [7, 11) is 0. The van der Waals surface area contributed by atoms with Gasteiger partial charge in [-0.2, -0.15) is 0 Å². The fraction of sp³-hybridized carbons (Fsp3) is 0.667. The molecule has 1 N–H and O–H groups in total. The van der Waals surface area contributed by atoms with E-state index in [1.165, 1.54) is 18.4 Å². The van der Waals surface area contributed by atoms with Crippen LogP contribution in [-0.4, -0.2) is 29.1 Å². The van der Waals surface area contributed by atoms with Crippen LogP contribution >= 0.6 is 0 Å². The Bertz CT molecular complexity index is 473. The van der Waals surface area contributed by atoms with Gasteiger partial charge in [-0.1, -0.05) is 51.5 Å². The number of rotatable bonds is 1. The highest BCUT2D eigenvalue weighted by molar-refractivity contribution is 5.33. The van der Waals surface area contributed by atoms with Crippen LogP contribution in [0.25, 0.3) is 0 Å². The van der Waals surface area contributed by atoms with Crippen molar-refractivity contribution in [2.75, 3.05) is 13.1 Å². The molecule has 2 unspecified atom stereocenters. The van der Waals surface area contributed by atoms with E-state index in [0.717, 1.165) is 31.5 Å². The minimum absolute atomic E-state index is 0.174. The van der Waals surface area contributed by atoms with Gasteiger partial charge < -0.3 is 5.11 Å². The van der Waals surface area contributed by atoms with Crippen molar-refractivity contribution >= 4 is 0 Å². The zero-order chi connectivity index (χ0) is 14.4. The first-order valence-corrected chi connectivity index (χ1v) is 7.99. The second-order valence-corrected chi connectivity index (χ2v) is 7.55. The van der Waals surface area contributed by atoms with Gasteiger partial charge >= 0.3 is 0 Å². The molecule has 2 heterocycles. The van der Waals surface area contributed by atoms with Crippen molar-refractivity contribution in [3.8, 4) is 0 Å². The van der Waals surface area contributed by atoms with E-state index >= 15 is 0 Å². The summed E-state index contributed by atoms with van der Waals surface area (Å²) in [5.41, 5.74) is 1.99. The van der Waals surface area contributed by atoms with Crippen molar-refractivity contribution in [1.29, 1.82) is 0 Å². The number of piperidine rings is 1. The quantitative estimate of drug-likeness (QED) is 0.847. The van der Waals surface area contributed by atoms with Crippen LogP contribution in [0.2, 0.25) is 0 Å². The summed E-state index contributed by atoms with van der Waals surface area (Å²) in [5, 5.41) is 11.2. The summed E-state index contributed by atoms with van der Waals surface area (Å²) in [5.74, 6) is 0. The highest BCUT2D eigenvalue weighted by Crippen LogP contribution is 2.42. The molecule has 0 bridgehead atoms. The Balaban J connectivity index is 1.88. The van der Waals surface area contributed by atoms with E-state index in [1.807, 2.05) is 0 Å². The number of nitrogens with zero attached hydrogens (tertiary/aromatic N) is 1. The third-order valence-electron chi connectivity index (χ3n) is 5.20. The van der Waals surface area contributed by atoms with Crippen molar-refractivity contribution in [3.63, 3.8) is 0 Å². The van der Waals surface area contributed by atoms with E-state index in [-0.39, 0.29) is 5.41 Å². The molecular formula is C18H27NO. The van der Waals surface area contributed by atoms with E-state index in [9.17, 15) is 5.11 Å². The monoisotopic (exact) mass is 273 g/mol. The minimum atomic E-state index is -0.628. The number of aliphatic hydroxyl groups is 1. The fourth-order valence-electron chi connectivity index (χ4n) is 3.88. The smallest absolute Gasteiger partial charge is 0.106 e. The lowest BCUT2D eigenvalue weighted by Gasteiger charge is -2.37. The van der Waals surface area contributed by atoms with Crippen LogP contribution in [-0.2, 0) is 11.0 Å². The highest BCUT2D eigenvalue weighted by Gasteiger charge is 2.47. The lowest BCUT2D eigenvalue weighted by Crippen LogP contribution is -2.45. The Morgan fingerprint density at radius 1 is 1.10 bits per heavy atom. The van der Waals surface area contributed by atoms with Gasteiger partial charge in [-0.25, -0.2) is 0 Å². The maximum atomic E-state index is 11.2. The van der Waals surface area contributed by atoms with Crippen LogP contribution in [0.15, 0.2) is 24.3 Å². The fourth-order valence-corrected chi connectivity index (χ4v) is 3.88. The van der Waals surface area contributed by atoms with Crippen molar-refractivity contribution in [2.24, 2.45) is 0 Å². The largest absolute Gasteiger partial charge is 0.383 e. The van der Waals surface area contributed by atoms with E-state index in [4.69, 9.17) is 0 Å². The topological polar surface area (TPSA) is 23.5 Å². The maximum Gasteiger partial charge on any atom is 0.106 e. The Hall–Kier alpha value is -0.860. The van der Waals surface area contributed by atoms with Crippen LogP contribution in [0.4, 0.5) is 0 Å². The minimum Gasteiger partial charge on any atom is -0.383 e. The Labute approximate surface area is 122 Å². The van der Waals surface area contributed by atoms with Crippen molar-refractivity contribution in [2.45, 2.75) is 63.5 Å². The Morgan fingerprint density at radius 2 is 1.80 bits per heavy atom. The van der Waals surface area contributed by atoms with Gasteiger partial charge in [0.1, 0.15) is 5.60 Å². The summed E-state index contributed by atoms with van der Waals surface area (Å²) in [6.07, 6.45) is 4.56. The number of benzene rings is 1. The number of fused-ring (bicyclic) bond motifs is 1. The molecule has 2 saturated heterocycles. The van der Waals surface area contributed by atoms with E-state index in [2.05, 4.69) is 49.9 Å². The van der Waals surface area contributed by atoms with E-state index < -0.39 is 5.60 Å². The molecule has 1 aromatic carbocycles. The molecule has 2 nitrogen and oxygen atoms in total. The van der Waals surface area contributed by atoms with E-state index in [0.29, 0.717) is 6.04 Å². The highest BCUT2D eigenvalue weighted by atomic mass is 16.3. The van der Waals surface area contributed by atoms with Gasteiger partial charge in [0.15, 0.2) is 0 Å². The Kier molecular flexibility index (Phi) is 3.42. The van der Waals surface area contributed by atoms with Crippen molar-refractivity contribution < 1.29 is 5.11 Å². The predicted molar refractivity (Wildman–Crippen MR) is 82.9 cm³/mol. The van der Waals surface area contributed by atoms with Gasteiger partial charge in [-0.3, -0.25) is 4.90 Å². The SMILES string of the molecule is CC(C)(C)c1ccc(C2(O)CCN3CCCCC32)cc1. The molecule has 2 aliphatic rings. The molecule has 0 saturated carbocycles. The molecule has 2 aliphatic heterocycles. The summed E-state index contributed by atoms with van der Waals surface area (Å²) in [4.78, 5) is 2.49. The van der Waals surface area contributed by atoms with Crippen LogP contribution in [0.5, 0.6) is 0 Å². The van der Waals surface area contributed by atoms with Crippen LogP contribution < -0.4 is 0 Å². The first kappa shape index (κ1) is 14.1. The average Bonchev–Trinajstić information content (AvgIpc) is 2.78. The first-order chi connectivity index (χ1) is 9.41. The molecule has 2 atom stereocenters. The molecule has 0 spiro atoms. The second kappa shape index (κ2) is 4.85. The van der Waals surface area contributed by atoms with Crippen molar-refractivity contribution in [3.05, 3.63) is 35.4 Å². The van der Waals surface area contributed by atoms with Gasteiger partial charge in [0.2, 0.25) is 0 Å². The van der Waals surface area contributed by atoms with Gasteiger partial charge in [0.25, 0.3) is 0 Å². The van der Waals surface area contributed by atoms with Gasteiger partial charge in [0.05, 0.1) is 0 Å². The molecule has 0 amide bonds. The third-order valence-corrected chi connectivity index (χ3v) is 5.20. The second-order valence-electron chi connectivity index (χ2n) is 7.55. The van der Waals surface area contributed by atoms with Gasteiger partial charge in [-0.05, 0) is 42.3 Å². The average molecular weight is 273 g/mol. The molecular weight excluding hydrogens is 246 g/mol. The molecule has 3 rings (SSSR count). The molecule has 1 aromatic rings. The third kappa shape index (κ3) is 2.29. The molecule has 0 aliphatic carbocycles. The normalized spacial score (nSPS) is 31.3. The number of hydrogen-bond acceptors (Lipinski definition) is 2. The zero-order valence-corrected chi connectivity index (χ0v) is 13.0. The zero-order valence-electron chi connectivity index (χ0n) is 13.0. The summed E-state index contributed by atoms with van der Waals surface area (Å²) < 4.78 is 0. The molecule has 0 radical (unpaired) electrons. The summed E-state index contributed by atoms with van der Waals surface area (Å²) in [6, 6.07) is 9.02. The Morgan fingerprint density at radius 3 is 2.45 bits per heavy atom. The standard InChI is InChI=1S/C18H27NO/c1-17(2,3)14-7-9-15(10-8-14)18(20)11-13-19-12-5-4-6-16(18)19/h7-10,16,20H,4-6,11-13H2,1-3H3. The molecule has 0 aromatic heterocycles. The molecule has 20 heavy (non-hydrogen) atoms. The molecule has 2 heteroatoms. The van der Waals surface area contributed by atoms with Crippen molar-refractivity contribution in [1.82, 2.24) is 4.90 Å². The van der Waals surface area contributed by atoms with Gasteiger partial charge in [0, 0.05) is 12.6 Å².